The molecule has 1 aromatic carbocycles. The summed E-state index contributed by atoms with van der Waals surface area (Å²) >= 11 is 0. The van der Waals surface area contributed by atoms with E-state index in [1.54, 1.807) is 0 Å². The molecular formula is C15H21N3. The molecule has 0 aliphatic heterocycles. The minimum Gasteiger partial charge on any atom is -0.315 e. The van der Waals surface area contributed by atoms with E-state index >= 15 is 0 Å². The van der Waals surface area contributed by atoms with E-state index in [4.69, 9.17) is 0 Å². The molecule has 2 aromatic rings. The summed E-state index contributed by atoms with van der Waals surface area (Å²) in [5, 5.41) is 8.09. The number of fused-ring (bicyclic) bond motifs is 1. The molecule has 1 aromatic heterocycles. The van der Waals surface area contributed by atoms with Gasteiger partial charge in [0.25, 0.3) is 0 Å². The monoisotopic (exact) mass is 243 g/mol. The van der Waals surface area contributed by atoms with E-state index in [-0.39, 0.29) is 0 Å². The summed E-state index contributed by atoms with van der Waals surface area (Å²) in [5.41, 5.74) is 2.39. The number of rotatable bonds is 7. The van der Waals surface area contributed by atoms with Crippen LogP contribution in [-0.4, -0.2) is 24.6 Å². The highest BCUT2D eigenvalue weighted by Gasteiger charge is 1.99. The van der Waals surface area contributed by atoms with Crippen molar-refractivity contribution in [2.75, 3.05) is 19.6 Å². The van der Waals surface area contributed by atoms with E-state index in [1.165, 1.54) is 17.4 Å². The van der Waals surface area contributed by atoms with E-state index in [1.807, 2.05) is 12.3 Å². The Balaban J connectivity index is 1.88. The molecule has 0 radical (unpaired) electrons. The number of pyridine rings is 1. The number of aromatic nitrogens is 1. The molecule has 2 rings (SSSR count). The first-order chi connectivity index (χ1) is 8.92. The van der Waals surface area contributed by atoms with Crippen molar-refractivity contribution in [2.24, 2.45) is 0 Å². The molecule has 0 bridgehead atoms. The molecule has 0 atom stereocenters. The van der Waals surface area contributed by atoms with Gasteiger partial charge in [-0.3, -0.25) is 4.98 Å². The van der Waals surface area contributed by atoms with Crippen LogP contribution in [-0.2, 0) is 6.54 Å². The minimum atomic E-state index is 0.900. The summed E-state index contributed by atoms with van der Waals surface area (Å²) in [6.45, 7) is 6.20. The van der Waals surface area contributed by atoms with Gasteiger partial charge in [0, 0.05) is 31.2 Å². The molecule has 0 amide bonds. The van der Waals surface area contributed by atoms with Gasteiger partial charge >= 0.3 is 0 Å². The summed E-state index contributed by atoms with van der Waals surface area (Å²) in [6, 6.07) is 10.4. The van der Waals surface area contributed by atoms with Crippen LogP contribution in [0.4, 0.5) is 0 Å². The summed E-state index contributed by atoms with van der Waals surface area (Å²) in [5.74, 6) is 0. The molecule has 18 heavy (non-hydrogen) atoms. The van der Waals surface area contributed by atoms with Gasteiger partial charge in [0.1, 0.15) is 0 Å². The lowest BCUT2D eigenvalue weighted by atomic mass is 10.1. The highest BCUT2D eigenvalue weighted by Crippen LogP contribution is 2.15. The predicted octanol–water partition coefficient (Wildman–Crippen LogP) is 2.32. The predicted molar refractivity (Wildman–Crippen MR) is 76.6 cm³/mol. The zero-order chi connectivity index (χ0) is 12.6. The Morgan fingerprint density at radius 2 is 1.89 bits per heavy atom. The maximum atomic E-state index is 4.37. The van der Waals surface area contributed by atoms with Gasteiger partial charge in [0.05, 0.1) is 5.52 Å². The molecule has 2 N–H and O–H groups in total. The van der Waals surface area contributed by atoms with Crippen LogP contribution >= 0.6 is 0 Å². The van der Waals surface area contributed by atoms with Crippen molar-refractivity contribution in [1.29, 1.82) is 0 Å². The van der Waals surface area contributed by atoms with Crippen molar-refractivity contribution in [3.05, 3.63) is 42.1 Å². The first-order valence-electron chi connectivity index (χ1n) is 6.66. The van der Waals surface area contributed by atoms with Gasteiger partial charge in [-0.05, 0) is 30.7 Å². The van der Waals surface area contributed by atoms with E-state index in [0.29, 0.717) is 0 Å². The van der Waals surface area contributed by atoms with Crippen LogP contribution in [0.15, 0.2) is 36.5 Å². The second kappa shape index (κ2) is 7.09. The molecule has 0 spiro atoms. The summed E-state index contributed by atoms with van der Waals surface area (Å²) in [7, 11) is 0. The third-order valence-corrected chi connectivity index (χ3v) is 2.96. The van der Waals surface area contributed by atoms with Gasteiger partial charge in [0.15, 0.2) is 0 Å². The van der Waals surface area contributed by atoms with E-state index < -0.39 is 0 Å². The molecule has 0 saturated carbocycles. The van der Waals surface area contributed by atoms with E-state index in [2.05, 4.69) is 46.8 Å². The fraction of sp³-hybridized carbons (Fsp3) is 0.400. The maximum Gasteiger partial charge on any atom is 0.0705 e. The molecule has 1 heterocycles. The summed E-state index contributed by atoms with van der Waals surface area (Å²) in [4.78, 5) is 4.37. The third kappa shape index (κ3) is 3.52. The number of nitrogens with zero attached hydrogens (tertiary/aromatic N) is 1. The van der Waals surface area contributed by atoms with Gasteiger partial charge in [0.2, 0.25) is 0 Å². The largest absolute Gasteiger partial charge is 0.315 e. The number of hydrogen-bond acceptors (Lipinski definition) is 3. The summed E-state index contributed by atoms with van der Waals surface area (Å²) < 4.78 is 0. The van der Waals surface area contributed by atoms with Crippen molar-refractivity contribution >= 4 is 10.9 Å². The van der Waals surface area contributed by atoms with Crippen molar-refractivity contribution in [3.8, 4) is 0 Å². The standard InChI is InChI=1S/C15H21N3/c1-2-8-16-10-11-17-12-13-5-3-7-15-14(13)6-4-9-18-15/h3-7,9,16-17H,2,8,10-12H2,1H3. The third-order valence-electron chi connectivity index (χ3n) is 2.96. The first kappa shape index (κ1) is 13.0. The molecule has 0 saturated heterocycles. The SMILES string of the molecule is CCCNCCNCc1cccc2ncccc12. The van der Waals surface area contributed by atoms with Crippen molar-refractivity contribution in [1.82, 2.24) is 15.6 Å². The van der Waals surface area contributed by atoms with Crippen LogP contribution in [0.1, 0.15) is 18.9 Å². The molecule has 0 fully saturated rings. The Hall–Kier alpha value is -1.45. The van der Waals surface area contributed by atoms with Crippen molar-refractivity contribution < 1.29 is 0 Å². The Morgan fingerprint density at radius 3 is 2.78 bits per heavy atom. The fourth-order valence-electron chi connectivity index (χ4n) is 2.02. The zero-order valence-electron chi connectivity index (χ0n) is 10.9. The number of nitrogens with one attached hydrogen (secondary N) is 2. The lowest BCUT2D eigenvalue weighted by Gasteiger charge is -2.08. The molecule has 96 valence electrons. The second-order valence-electron chi connectivity index (χ2n) is 4.41. The van der Waals surface area contributed by atoms with Gasteiger partial charge in [-0.15, -0.1) is 0 Å². The van der Waals surface area contributed by atoms with Crippen molar-refractivity contribution in [3.63, 3.8) is 0 Å². The van der Waals surface area contributed by atoms with E-state index in [0.717, 1.165) is 31.7 Å². The average molecular weight is 243 g/mol. The van der Waals surface area contributed by atoms with Gasteiger partial charge in [-0.2, -0.15) is 0 Å². The maximum absolute atomic E-state index is 4.37. The van der Waals surface area contributed by atoms with Crippen LogP contribution < -0.4 is 10.6 Å². The van der Waals surface area contributed by atoms with Crippen molar-refractivity contribution in [2.45, 2.75) is 19.9 Å². The Bertz CT molecular complexity index is 477. The zero-order valence-corrected chi connectivity index (χ0v) is 10.9. The number of benzene rings is 1. The number of hydrogen-bond donors (Lipinski definition) is 2. The Morgan fingerprint density at radius 1 is 1.00 bits per heavy atom. The second-order valence-corrected chi connectivity index (χ2v) is 4.41. The Kier molecular flexibility index (Phi) is 5.12. The minimum absolute atomic E-state index is 0.900. The average Bonchev–Trinajstić information content (AvgIpc) is 2.43. The van der Waals surface area contributed by atoms with Crippen LogP contribution in [0.3, 0.4) is 0 Å². The fourth-order valence-corrected chi connectivity index (χ4v) is 2.02. The van der Waals surface area contributed by atoms with E-state index in [9.17, 15) is 0 Å². The van der Waals surface area contributed by atoms with Crippen LogP contribution in [0.5, 0.6) is 0 Å². The molecular weight excluding hydrogens is 222 g/mol. The lowest BCUT2D eigenvalue weighted by molar-refractivity contribution is 0.608. The highest BCUT2D eigenvalue weighted by molar-refractivity contribution is 5.81. The quantitative estimate of drug-likeness (QED) is 0.733. The Labute approximate surface area is 109 Å². The highest BCUT2D eigenvalue weighted by atomic mass is 14.9. The topological polar surface area (TPSA) is 37.0 Å². The van der Waals surface area contributed by atoms with Gasteiger partial charge < -0.3 is 10.6 Å². The van der Waals surface area contributed by atoms with Crippen LogP contribution in [0, 0.1) is 0 Å². The van der Waals surface area contributed by atoms with Gasteiger partial charge in [-0.25, -0.2) is 0 Å². The molecule has 0 aliphatic carbocycles. The van der Waals surface area contributed by atoms with Crippen LogP contribution in [0.25, 0.3) is 10.9 Å². The first-order valence-corrected chi connectivity index (χ1v) is 6.66. The molecule has 3 nitrogen and oxygen atoms in total. The molecule has 3 heteroatoms. The smallest absolute Gasteiger partial charge is 0.0705 e. The molecule has 0 aliphatic rings. The van der Waals surface area contributed by atoms with Crippen LogP contribution in [0.2, 0.25) is 0 Å². The van der Waals surface area contributed by atoms with Gasteiger partial charge in [-0.1, -0.05) is 25.1 Å². The molecule has 0 unspecified atom stereocenters. The normalized spacial score (nSPS) is 10.9. The summed E-state index contributed by atoms with van der Waals surface area (Å²) in [6.07, 6.45) is 3.03. The lowest BCUT2D eigenvalue weighted by Crippen LogP contribution is -2.27.